The average Bonchev–Trinajstić information content (AvgIpc) is 3.11. The summed E-state index contributed by atoms with van der Waals surface area (Å²) >= 11 is 0. The molecule has 2 N–H and O–H groups in total. The second kappa shape index (κ2) is 8.51. The molecule has 0 unspecified atom stereocenters. The van der Waals surface area contributed by atoms with Gasteiger partial charge in [-0.1, -0.05) is 13.8 Å². The lowest BCUT2D eigenvalue weighted by Crippen LogP contribution is -2.42. The van der Waals surface area contributed by atoms with Gasteiger partial charge in [0.15, 0.2) is 5.76 Å². The first-order valence-corrected chi connectivity index (χ1v) is 8.39. The van der Waals surface area contributed by atoms with Crippen LogP contribution >= 0.6 is 0 Å². The Morgan fingerprint density at radius 1 is 1.15 bits per heavy atom. The Balaban J connectivity index is 1.92. The topological polar surface area (TPSA) is 88.8 Å². The maximum absolute atomic E-state index is 12.8. The Morgan fingerprint density at radius 3 is 2.38 bits per heavy atom. The highest BCUT2D eigenvalue weighted by Gasteiger charge is 2.35. The fraction of sp³-hybridized carbons (Fsp3) is 0.368. The third-order valence-corrected chi connectivity index (χ3v) is 4.47. The van der Waals surface area contributed by atoms with Crippen molar-refractivity contribution >= 4 is 11.9 Å². The number of carbonyl (C=O) groups is 2. The number of benzene rings is 1. The molecule has 1 aromatic carbocycles. The van der Waals surface area contributed by atoms with Crippen molar-refractivity contribution < 1.29 is 28.2 Å². The molecular formula is C19H22FNO5. The standard InChI is InChI=1S/C19H22FNO5/c1-3-19(4-2,18(23)24)12-21-17(22)16-10-9-15(26-16)11-25-14-7-5-13(20)6-8-14/h5-10H,3-4,11-12H2,1-2H3,(H,21,22)(H,23,24). The summed E-state index contributed by atoms with van der Waals surface area (Å²) in [6.45, 7) is 3.67. The summed E-state index contributed by atoms with van der Waals surface area (Å²) in [6, 6.07) is 8.65. The minimum atomic E-state index is -0.989. The Morgan fingerprint density at radius 2 is 1.81 bits per heavy atom. The molecule has 2 rings (SSSR count). The zero-order valence-corrected chi connectivity index (χ0v) is 14.8. The molecule has 7 heteroatoms. The van der Waals surface area contributed by atoms with E-state index in [9.17, 15) is 19.1 Å². The van der Waals surface area contributed by atoms with E-state index in [2.05, 4.69) is 5.32 Å². The monoisotopic (exact) mass is 363 g/mol. The lowest BCUT2D eigenvalue weighted by atomic mass is 9.82. The number of halogens is 1. The summed E-state index contributed by atoms with van der Waals surface area (Å²) in [5, 5.41) is 12.0. The molecule has 0 aliphatic rings. The van der Waals surface area contributed by atoms with Crippen molar-refractivity contribution in [3.63, 3.8) is 0 Å². The van der Waals surface area contributed by atoms with E-state index in [1.54, 1.807) is 19.9 Å². The van der Waals surface area contributed by atoms with Gasteiger partial charge in [-0.25, -0.2) is 4.39 Å². The number of carboxylic acid groups (broad SMARTS) is 1. The number of hydrogen-bond acceptors (Lipinski definition) is 4. The number of carboxylic acids is 1. The molecule has 6 nitrogen and oxygen atoms in total. The second-order valence-electron chi connectivity index (χ2n) is 5.98. The molecule has 0 bridgehead atoms. The molecule has 26 heavy (non-hydrogen) atoms. The number of aliphatic carboxylic acids is 1. The quantitative estimate of drug-likeness (QED) is 0.710. The molecule has 0 aliphatic heterocycles. The van der Waals surface area contributed by atoms with Crippen molar-refractivity contribution in [1.29, 1.82) is 0 Å². The van der Waals surface area contributed by atoms with E-state index in [-0.39, 0.29) is 24.7 Å². The first-order valence-electron chi connectivity index (χ1n) is 8.39. The molecule has 140 valence electrons. The molecule has 0 radical (unpaired) electrons. The SMILES string of the molecule is CCC(CC)(CNC(=O)c1ccc(COc2ccc(F)cc2)o1)C(=O)O. The minimum absolute atomic E-state index is 0.0241. The summed E-state index contributed by atoms with van der Waals surface area (Å²) in [6.07, 6.45) is 0.821. The van der Waals surface area contributed by atoms with Gasteiger partial charge >= 0.3 is 5.97 Å². The Bertz CT molecular complexity index is 750. The molecule has 0 atom stereocenters. The number of furan rings is 1. The van der Waals surface area contributed by atoms with Crippen LogP contribution in [0, 0.1) is 11.2 Å². The van der Waals surface area contributed by atoms with E-state index < -0.39 is 17.3 Å². The van der Waals surface area contributed by atoms with Gasteiger partial charge in [0, 0.05) is 6.54 Å². The highest BCUT2D eigenvalue weighted by molar-refractivity contribution is 5.91. The van der Waals surface area contributed by atoms with E-state index >= 15 is 0 Å². The average molecular weight is 363 g/mol. The largest absolute Gasteiger partial charge is 0.486 e. The molecule has 0 fully saturated rings. The Labute approximate surface area is 151 Å². The lowest BCUT2D eigenvalue weighted by molar-refractivity contribution is -0.149. The van der Waals surface area contributed by atoms with E-state index in [1.807, 2.05) is 0 Å². The normalized spacial score (nSPS) is 11.2. The van der Waals surface area contributed by atoms with Crippen LogP contribution in [0.4, 0.5) is 4.39 Å². The molecule has 0 saturated carbocycles. The van der Waals surface area contributed by atoms with E-state index in [1.165, 1.54) is 30.3 Å². The van der Waals surface area contributed by atoms with E-state index in [4.69, 9.17) is 9.15 Å². The smallest absolute Gasteiger partial charge is 0.311 e. The van der Waals surface area contributed by atoms with Crippen molar-refractivity contribution in [2.45, 2.75) is 33.3 Å². The van der Waals surface area contributed by atoms with E-state index in [0.29, 0.717) is 24.4 Å². The van der Waals surface area contributed by atoms with E-state index in [0.717, 1.165) is 0 Å². The number of nitrogens with one attached hydrogen (secondary N) is 1. The third kappa shape index (κ3) is 4.62. The molecule has 0 saturated heterocycles. The number of amides is 1. The van der Waals surface area contributed by atoms with Gasteiger partial charge in [0.25, 0.3) is 5.91 Å². The summed E-state index contributed by atoms with van der Waals surface area (Å²) in [7, 11) is 0. The zero-order valence-electron chi connectivity index (χ0n) is 14.8. The van der Waals surface area contributed by atoms with Gasteiger partial charge in [0.1, 0.15) is 23.9 Å². The van der Waals surface area contributed by atoms with Gasteiger partial charge in [-0.3, -0.25) is 9.59 Å². The van der Waals surface area contributed by atoms with Gasteiger partial charge in [-0.2, -0.15) is 0 Å². The number of rotatable bonds is 9. The first-order chi connectivity index (χ1) is 12.4. The van der Waals surface area contributed by atoms with Crippen molar-refractivity contribution in [3.05, 3.63) is 53.7 Å². The second-order valence-corrected chi connectivity index (χ2v) is 5.98. The summed E-state index contributed by atoms with van der Waals surface area (Å²) < 4.78 is 23.7. The van der Waals surface area contributed by atoms with Crippen molar-refractivity contribution in [2.24, 2.45) is 5.41 Å². The molecule has 0 aliphatic carbocycles. The van der Waals surface area contributed by atoms with Crippen LogP contribution in [0.5, 0.6) is 5.75 Å². The summed E-state index contributed by atoms with van der Waals surface area (Å²) in [4.78, 5) is 23.7. The highest BCUT2D eigenvalue weighted by Crippen LogP contribution is 2.26. The van der Waals surface area contributed by atoms with Gasteiger partial charge in [0.05, 0.1) is 5.41 Å². The lowest BCUT2D eigenvalue weighted by Gasteiger charge is -2.26. The van der Waals surface area contributed by atoms with Gasteiger partial charge < -0.3 is 19.6 Å². The predicted octanol–water partition coefficient (Wildman–Crippen LogP) is 3.62. The van der Waals surface area contributed by atoms with Crippen molar-refractivity contribution in [1.82, 2.24) is 5.32 Å². The predicted molar refractivity (Wildman–Crippen MR) is 92.4 cm³/mol. The van der Waals surface area contributed by atoms with Crippen LogP contribution in [0.25, 0.3) is 0 Å². The maximum atomic E-state index is 12.8. The number of ether oxygens (including phenoxy) is 1. The van der Waals surface area contributed by atoms with Crippen LogP contribution in [-0.4, -0.2) is 23.5 Å². The van der Waals surface area contributed by atoms with Crippen LogP contribution in [0.3, 0.4) is 0 Å². The highest BCUT2D eigenvalue weighted by atomic mass is 19.1. The first kappa shape index (κ1) is 19.5. The maximum Gasteiger partial charge on any atom is 0.311 e. The van der Waals surface area contributed by atoms with Crippen LogP contribution < -0.4 is 10.1 Å². The molecule has 0 spiro atoms. The van der Waals surface area contributed by atoms with Crippen LogP contribution in [0.15, 0.2) is 40.8 Å². The van der Waals surface area contributed by atoms with Crippen LogP contribution in [0.2, 0.25) is 0 Å². The van der Waals surface area contributed by atoms with Gasteiger partial charge in [-0.15, -0.1) is 0 Å². The van der Waals surface area contributed by atoms with Crippen molar-refractivity contribution in [3.8, 4) is 5.75 Å². The van der Waals surface area contributed by atoms with Crippen LogP contribution in [-0.2, 0) is 11.4 Å². The summed E-state index contributed by atoms with van der Waals surface area (Å²) in [5.74, 6) is -0.790. The Kier molecular flexibility index (Phi) is 6.38. The van der Waals surface area contributed by atoms with Crippen molar-refractivity contribution in [2.75, 3.05) is 6.54 Å². The molecule has 2 aromatic rings. The number of hydrogen-bond donors (Lipinski definition) is 2. The minimum Gasteiger partial charge on any atom is -0.486 e. The fourth-order valence-electron chi connectivity index (χ4n) is 2.48. The molecular weight excluding hydrogens is 341 g/mol. The molecule has 1 heterocycles. The number of carbonyl (C=O) groups excluding carboxylic acids is 1. The summed E-state index contributed by atoms with van der Waals surface area (Å²) in [5.41, 5.74) is -0.989. The third-order valence-electron chi connectivity index (χ3n) is 4.47. The van der Waals surface area contributed by atoms with Gasteiger partial charge in [-0.05, 0) is 49.2 Å². The van der Waals surface area contributed by atoms with Crippen LogP contribution in [0.1, 0.15) is 43.0 Å². The fourth-order valence-corrected chi connectivity index (χ4v) is 2.48. The molecule has 1 aromatic heterocycles. The molecule has 1 amide bonds. The van der Waals surface area contributed by atoms with Gasteiger partial charge in [0.2, 0.25) is 0 Å². The zero-order chi connectivity index (χ0) is 19.2. The Hall–Kier alpha value is -2.83.